The first kappa shape index (κ1) is 16.6. The highest BCUT2D eigenvalue weighted by Gasteiger charge is 2.17. The summed E-state index contributed by atoms with van der Waals surface area (Å²) in [6.07, 6.45) is 1.14. The van der Waals surface area contributed by atoms with Gasteiger partial charge in [-0.1, -0.05) is 12.1 Å². The van der Waals surface area contributed by atoms with Gasteiger partial charge < -0.3 is 10.6 Å². The third-order valence-corrected chi connectivity index (χ3v) is 2.94. The zero-order valence-corrected chi connectivity index (χ0v) is 12.2. The fourth-order valence-corrected chi connectivity index (χ4v) is 1.78. The van der Waals surface area contributed by atoms with Crippen LogP contribution >= 0.6 is 0 Å². The van der Waals surface area contributed by atoms with Crippen molar-refractivity contribution in [2.75, 3.05) is 10.6 Å². The molecule has 8 heteroatoms. The number of nitrogens with one attached hydrogen (secondary N) is 2. The van der Waals surface area contributed by atoms with Crippen LogP contribution in [0.2, 0.25) is 0 Å². The highest BCUT2D eigenvalue weighted by molar-refractivity contribution is 6.07. The van der Waals surface area contributed by atoms with Crippen molar-refractivity contribution in [3.63, 3.8) is 0 Å². The molecule has 0 aliphatic carbocycles. The van der Waals surface area contributed by atoms with Gasteiger partial charge in [0.25, 0.3) is 11.6 Å². The second-order valence-corrected chi connectivity index (χ2v) is 4.55. The molecule has 24 heavy (non-hydrogen) atoms. The summed E-state index contributed by atoms with van der Waals surface area (Å²) >= 11 is 0. The minimum atomic E-state index is -0.804. The first-order valence-corrected chi connectivity index (χ1v) is 6.68. The Hall–Kier alpha value is -3.73. The SMILES string of the molecule is N#C/C(=C/Nc1ccc(F)cc1)C(=O)Nc1ccccc1[N+](=O)[O-]. The number of nitro groups is 1. The van der Waals surface area contributed by atoms with Crippen molar-refractivity contribution in [3.05, 3.63) is 76.2 Å². The third kappa shape index (κ3) is 4.14. The average molecular weight is 326 g/mol. The number of nitro benzene ring substituents is 1. The predicted octanol–water partition coefficient (Wildman–Crippen LogP) is 3.19. The van der Waals surface area contributed by atoms with Crippen molar-refractivity contribution in [2.45, 2.75) is 0 Å². The van der Waals surface area contributed by atoms with Crippen molar-refractivity contribution < 1.29 is 14.1 Å². The van der Waals surface area contributed by atoms with E-state index in [1.54, 1.807) is 6.07 Å². The molecule has 120 valence electrons. The van der Waals surface area contributed by atoms with Gasteiger partial charge in [0, 0.05) is 18.0 Å². The molecule has 0 unspecified atom stereocenters. The van der Waals surface area contributed by atoms with E-state index in [-0.39, 0.29) is 16.9 Å². The van der Waals surface area contributed by atoms with E-state index in [2.05, 4.69) is 10.6 Å². The van der Waals surface area contributed by atoms with Crippen LogP contribution < -0.4 is 10.6 Å². The van der Waals surface area contributed by atoms with Gasteiger partial charge >= 0.3 is 0 Å². The molecule has 0 saturated heterocycles. The molecule has 0 bridgehead atoms. The molecule has 0 radical (unpaired) electrons. The molecular formula is C16H11FN4O3. The Morgan fingerprint density at radius 3 is 2.50 bits per heavy atom. The van der Waals surface area contributed by atoms with Crippen LogP contribution in [0.1, 0.15) is 0 Å². The summed E-state index contributed by atoms with van der Waals surface area (Å²) in [6, 6.07) is 12.6. The smallest absolute Gasteiger partial charge is 0.292 e. The van der Waals surface area contributed by atoms with Crippen LogP contribution in [0.3, 0.4) is 0 Å². The van der Waals surface area contributed by atoms with Gasteiger partial charge in [-0.05, 0) is 30.3 Å². The van der Waals surface area contributed by atoms with Crippen LogP contribution in [0.4, 0.5) is 21.5 Å². The molecule has 7 nitrogen and oxygen atoms in total. The highest BCUT2D eigenvalue weighted by Crippen LogP contribution is 2.23. The second kappa shape index (κ2) is 7.51. The van der Waals surface area contributed by atoms with Gasteiger partial charge in [0.1, 0.15) is 23.1 Å². The summed E-state index contributed by atoms with van der Waals surface area (Å²) in [5.41, 5.74) is -0.120. The number of hydrogen-bond acceptors (Lipinski definition) is 5. The predicted molar refractivity (Wildman–Crippen MR) is 85.4 cm³/mol. The number of nitrogens with zero attached hydrogens (tertiary/aromatic N) is 2. The van der Waals surface area contributed by atoms with Gasteiger partial charge in [0.05, 0.1) is 4.92 Å². The fourth-order valence-electron chi connectivity index (χ4n) is 1.78. The van der Waals surface area contributed by atoms with Gasteiger partial charge in [-0.25, -0.2) is 4.39 Å². The average Bonchev–Trinajstić information content (AvgIpc) is 2.57. The third-order valence-electron chi connectivity index (χ3n) is 2.94. The van der Waals surface area contributed by atoms with Gasteiger partial charge in [0.2, 0.25) is 0 Å². The topological polar surface area (TPSA) is 108 Å². The zero-order chi connectivity index (χ0) is 17.5. The van der Waals surface area contributed by atoms with Gasteiger partial charge in [-0.3, -0.25) is 14.9 Å². The number of nitriles is 1. The molecule has 0 atom stereocenters. The molecule has 2 rings (SSSR count). The Balaban J connectivity index is 2.15. The molecule has 2 aromatic rings. The monoisotopic (exact) mass is 326 g/mol. The molecule has 0 heterocycles. The Morgan fingerprint density at radius 2 is 1.88 bits per heavy atom. The molecule has 0 spiro atoms. The summed E-state index contributed by atoms with van der Waals surface area (Å²) in [4.78, 5) is 22.3. The lowest BCUT2D eigenvalue weighted by atomic mass is 10.2. The van der Waals surface area contributed by atoms with E-state index in [1.807, 2.05) is 0 Å². The first-order chi connectivity index (χ1) is 11.5. The maximum Gasteiger partial charge on any atom is 0.292 e. The van der Waals surface area contributed by atoms with Gasteiger partial charge in [-0.2, -0.15) is 5.26 Å². The molecule has 0 aliphatic rings. The molecule has 2 N–H and O–H groups in total. The Bertz CT molecular complexity index is 841. The second-order valence-electron chi connectivity index (χ2n) is 4.55. The van der Waals surface area contributed by atoms with Crippen LogP contribution in [0.25, 0.3) is 0 Å². The number of halogens is 1. The summed E-state index contributed by atoms with van der Waals surface area (Å²) in [5.74, 6) is -1.22. The van der Waals surface area contributed by atoms with Crippen molar-refractivity contribution >= 4 is 23.0 Å². The highest BCUT2D eigenvalue weighted by atomic mass is 19.1. The van der Waals surface area contributed by atoms with E-state index in [0.717, 1.165) is 6.20 Å². The Labute approximate surface area is 136 Å². The number of hydrogen-bond donors (Lipinski definition) is 2. The number of carbonyl (C=O) groups is 1. The van der Waals surface area contributed by atoms with Crippen LogP contribution in [0, 0.1) is 27.3 Å². The lowest BCUT2D eigenvalue weighted by molar-refractivity contribution is -0.383. The van der Waals surface area contributed by atoms with Gasteiger partial charge in [0.15, 0.2) is 0 Å². The van der Waals surface area contributed by atoms with Crippen LogP contribution in [0.15, 0.2) is 60.3 Å². The number of benzene rings is 2. The van der Waals surface area contributed by atoms with E-state index in [0.29, 0.717) is 5.69 Å². The molecule has 0 fully saturated rings. The van der Waals surface area contributed by atoms with Gasteiger partial charge in [-0.15, -0.1) is 0 Å². The number of amides is 1. The van der Waals surface area contributed by atoms with Crippen molar-refractivity contribution in [1.29, 1.82) is 5.26 Å². The van der Waals surface area contributed by atoms with Crippen molar-refractivity contribution in [1.82, 2.24) is 0 Å². The van der Waals surface area contributed by atoms with Crippen molar-refractivity contribution in [3.8, 4) is 6.07 Å². The quantitative estimate of drug-likeness (QED) is 0.380. The van der Waals surface area contributed by atoms with E-state index < -0.39 is 16.6 Å². The lowest BCUT2D eigenvalue weighted by Gasteiger charge is -2.05. The minimum Gasteiger partial charge on any atom is -0.360 e. The normalized spacial score (nSPS) is 10.6. The first-order valence-electron chi connectivity index (χ1n) is 6.68. The summed E-state index contributed by atoms with van der Waals surface area (Å²) in [7, 11) is 0. The Morgan fingerprint density at radius 1 is 1.21 bits per heavy atom. The molecule has 1 amide bonds. The molecule has 0 aliphatic heterocycles. The van der Waals surface area contributed by atoms with Crippen LogP contribution in [-0.4, -0.2) is 10.8 Å². The van der Waals surface area contributed by atoms with E-state index in [4.69, 9.17) is 5.26 Å². The maximum absolute atomic E-state index is 12.8. The number of anilines is 2. The van der Waals surface area contributed by atoms with E-state index in [1.165, 1.54) is 48.5 Å². The van der Waals surface area contributed by atoms with E-state index >= 15 is 0 Å². The zero-order valence-electron chi connectivity index (χ0n) is 12.2. The Kier molecular flexibility index (Phi) is 5.20. The van der Waals surface area contributed by atoms with Crippen molar-refractivity contribution in [2.24, 2.45) is 0 Å². The summed E-state index contributed by atoms with van der Waals surface area (Å²) < 4.78 is 12.8. The summed E-state index contributed by atoms with van der Waals surface area (Å²) in [6.45, 7) is 0. The molecule has 0 aromatic heterocycles. The lowest BCUT2D eigenvalue weighted by Crippen LogP contribution is -2.15. The summed E-state index contributed by atoms with van der Waals surface area (Å²) in [5, 5.41) is 25.0. The number of carbonyl (C=O) groups excluding carboxylic acids is 1. The largest absolute Gasteiger partial charge is 0.360 e. The van der Waals surface area contributed by atoms with Crippen LogP contribution in [-0.2, 0) is 4.79 Å². The van der Waals surface area contributed by atoms with Crippen LogP contribution in [0.5, 0.6) is 0 Å². The fraction of sp³-hybridized carbons (Fsp3) is 0. The molecule has 0 saturated carbocycles. The molecule has 2 aromatic carbocycles. The number of rotatable bonds is 5. The maximum atomic E-state index is 12.8. The standard InChI is InChI=1S/C16H11FN4O3/c17-12-5-7-13(8-6-12)19-10-11(9-18)16(22)20-14-3-1-2-4-15(14)21(23)24/h1-8,10,19H,(H,20,22)/b11-10-. The molecular weight excluding hydrogens is 315 g/mol. The number of para-hydroxylation sites is 2. The minimum absolute atomic E-state index is 0.0181. The van der Waals surface area contributed by atoms with E-state index in [9.17, 15) is 19.3 Å².